The van der Waals surface area contributed by atoms with Gasteiger partial charge in [0.05, 0.1) is 10.3 Å². The third-order valence-electron chi connectivity index (χ3n) is 9.25. The van der Waals surface area contributed by atoms with Crippen LogP contribution in [-0.2, 0) is 25.7 Å². The van der Waals surface area contributed by atoms with E-state index in [1.165, 1.54) is 28.6 Å². The van der Waals surface area contributed by atoms with Crippen LogP contribution in [0, 0.1) is 12.8 Å². The van der Waals surface area contributed by atoms with Crippen molar-refractivity contribution in [1.82, 2.24) is 5.32 Å². The van der Waals surface area contributed by atoms with Gasteiger partial charge in [-0.15, -0.1) is 0 Å². The van der Waals surface area contributed by atoms with E-state index in [2.05, 4.69) is 113 Å². The monoisotopic (exact) mass is 646 g/mol. The lowest BCUT2D eigenvalue weighted by atomic mass is 9.81. The number of rotatable bonds is 13. The second-order valence-electron chi connectivity index (χ2n) is 14.0. The molecular formula is C38H52N3O4S+. The first-order chi connectivity index (χ1) is 21.6. The van der Waals surface area contributed by atoms with E-state index >= 15 is 0 Å². The van der Waals surface area contributed by atoms with Gasteiger partial charge in [-0.2, -0.15) is 13.0 Å². The number of carbonyl (C=O) groups is 1. The first-order valence-electron chi connectivity index (χ1n) is 16.6. The molecule has 0 aliphatic carbocycles. The van der Waals surface area contributed by atoms with Gasteiger partial charge in [-0.25, -0.2) is 0 Å². The van der Waals surface area contributed by atoms with Gasteiger partial charge in [-0.1, -0.05) is 63.6 Å². The van der Waals surface area contributed by atoms with Gasteiger partial charge < -0.3 is 10.2 Å². The van der Waals surface area contributed by atoms with E-state index in [1.807, 2.05) is 6.08 Å². The Bertz CT molecular complexity index is 1690. The molecule has 0 saturated carbocycles. The summed E-state index contributed by atoms with van der Waals surface area (Å²) in [7, 11) is -4.33. The Balaban J connectivity index is 1.56. The van der Waals surface area contributed by atoms with Gasteiger partial charge in [0.1, 0.15) is 6.54 Å². The predicted molar refractivity (Wildman–Crippen MR) is 189 cm³/mol. The quantitative estimate of drug-likeness (QED) is 0.101. The van der Waals surface area contributed by atoms with Crippen LogP contribution in [0.4, 0.5) is 11.4 Å². The molecule has 0 atom stereocenters. The van der Waals surface area contributed by atoms with Gasteiger partial charge in [-0.05, 0) is 76.3 Å². The summed E-state index contributed by atoms with van der Waals surface area (Å²) < 4.78 is 36.0. The van der Waals surface area contributed by atoms with Crippen LogP contribution in [0.3, 0.4) is 0 Å². The maximum Gasteiger partial charge on any atom is 0.294 e. The maximum absolute atomic E-state index is 12.2. The van der Waals surface area contributed by atoms with Crippen molar-refractivity contribution in [2.75, 3.05) is 24.5 Å². The van der Waals surface area contributed by atoms with Gasteiger partial charge in [0.2, 0.25) is 11.6 Å². The second-order valence-corrected chi connectivity index (χ2v) is 15.4. The average Bonchev–Trinajstić information content (AvgIpc) is 3.32. The molecule has 0 fully saturated rings. The summed E-state index contributed by atoms with van der Waals surface area (Å²) in [5, 5.41) is 2.99. The van der Waals surface area contributed by atoms with Crippen molar-refractivity contribution < 1.29 is 22.3 Å². The molecule has 4 rings (SSSR count). The molecule has 1 amide bonds. The summed E-state index contributed by atoms with van der Waals surface area (Å²) in [6.45, 7) is 19.5. The van der Waals surface area contributed by atoms with Crippen LogP contribution in [-0.4, -0.2) is 48.8 Å². The highest BCUT2D eigenvalue weighted by atomic mass is 32.2. The number of unbranched alkanes of at least 4 members (excludes halogenated alkanes) is 2. The van der Waals surface area contributed by atoms with Crippen molar-refractivity contribution in [3.63, 3.8) is 0 Å². The zero-order valence-electron chi connectivity index (χ0n) is 28.9. The average molecular weight is 647 g/mol. The number of carbonyl (C=O) groups excluding carboxylic acids is 1. The lowest BCUT2D eigenvalue weighted by Gasteiger charge is -2.25. The van der Waals surface area contributed by atoms with Crippen molar-refractivity contribution in [2.45, 2.75) is 96.8 Å². The van der Waals surface area contributed by atoms with Gasteiger partial charge in [0, 0.05) is 60.4 Å². The highest BCUT2D eigenvalue weighted by Gasteiger charge is 2.45. The molecule has 2 aromatic carbocycles. The summed E-state index contributed by atoms with van der Waals surface area (Å²) in [5.74, 6) is 0.525. The van der Waals surface area contributed by atoms with Crippen LogP contribution < -0.4 is 10.2 Å². The van der Waals surface area contributed by atoms with Crippen molar-refractivity contribution in [3.8, 4) is 0 Å². The molecule has 0 bridgehead atoms. The Labute approximate surface area is 276 Å². The number of anilines is 1. The third-order valence-corrected chi connectivity index (χ3v) is 10.1. The van der Waals surface area contributed by atoms with Gasteiger partial charge >= 0.3 is 0 Å². The Morgan fingerprint density at radius 2 is 1.72 bits per heavy atom. The number of fused-ring (bicyclic) bond motifs is 2. The minimum Gasteiger partial charge on any atom is -0.356 e. The molecule has 7 nitrogen and oxygen atoms in total. The number of hydrogen-bond acceptors (Lipinski definition) is 4. The van der Waals surface area contributed by atoms with Crippen molar-refractivity contribution in [2.24, 2.45) is 5.92 Å². The molecule has 248 valence electrons. The highest BCUT2D eigenvalue weighted by Crippen LogP contribution is 2.48. The van der Waals surface area contributed by atoms with Crippen LogP contribution >= 0.6 is 0 Å². The minimum absolute atomic E-state index is 0.0954. The Morgan fingerprint density at radius 1 is 0.978 bits per heavy atom. The SMILES string of the molecule is CCN1\C(=C/C=C/C=C/C2=[N+](CCCCCC(=O)NCC(C)C)c3ccc(S(=O)(=O)O)cc3C2(C)C)C(C)(C)c2cc(C)ccc21. The fourth-order valence-corrected chi connectivity index (χ4v) is 7.19. The Morgan fingerprint density at radius 3 is 2.39 bits per heavy atom. The van der Waals surface area contributed by atoms with E-state index in [-0.39, 0.29) is 16.2 Å². The highest BCUT2D eigenvalue weighted by molar-refractivity contribution is 7.85. The number of hydrogen-bond donors (Lipinski definition) is 2. The maximum atomic E-state index is 12.2. The molecule has 2 heterocycles. The normalized spacial score (nSPS) is 18.0. The molecule has 0 aromatic heterocycles. The topological polar surface area (TPSA) is 89.7 Å². The number of benzene rings is 2. The standard InChI is InChI=1S/C38H51N3O4S/c1-9-40-32-21-19-28(4)24-30(32)37(5,6)34(40)16-12-10-13-17-35-38(7,8)31-25-29(46(43,44)45)20-22-33(31)41(35)23-15-11-14-18-36(42)39-26-27(2)3/h10,12-13,16-17,19-22,24-25,27H,9,11,14-15,18,23,26H2,1-8H3,(H-,39,42,43,44,45)/p+1. The summed E-state index contributed by atoms with van der Waals surface area (Å²) in [6.07, 6.45) is 13.6. The summed E-state index contributed by atoms with van der Waals surface area (Å²) in [5.41, 5.74) is 7.41. The molecule has 0 spiro atoms. The molecule has 2 aliphatic rings. The number of nitrogens with zero attached hydrogens (tertiary/aromatic N) is 2. The van der Waals surface area contributed by atoms with Crippen LogP contribution in [0.1, 0.15) is 90.8 Å². The molecule has 2 aromatic rings. The summed E-state index contributed by atoms with van der Waals surface area (Å²) in [4.78, 5) is 14.4. The Kier molecular flexibility index (Phi) is 10.8. The fraction of sp³-hybridized carbons (Fsp3) is 0.474. The van der Waals surface area contributed by atoms with E-state index < -0.39 is 15.5 Å². The number of allylic oxidation sites excluding steroid dienone is 6. The number of nitrogens with one attached hydrogen (secondary N) is 1. The molecule has 0 unspecified atom stereocenters. The second kappa shape index (κ2) is 14.1. The first-order valence-corrected chi connectivity index (χ1v) is 18.0. The lowest BCUT2D eigenvalue weighted by molar-refractivity contribution is -0.438. The van der Waals surface area contributed by atoms with E-state index in [4.69, 9.17) is 0 Å². The number of aryl methyl sites for hydroxylation is 1. The number of likely N-dealkylation sites (N-methyl/N-ethyl adjacent to an activating group) is 1. The van der Waals surface area contributed by atoms with Crippen LogP contribution in [0.15, 0.2) is 77.4 Å². The molecule has 2 N–H and O–H groups in total. The zero-order valence-corrected chi connectivity index (χ0v) is 29.7. The molecule has 2 aliphatic heterocycles. The molecular weight excluding hydrogens is 595 g/mol. The van der Waals surface area contributed by atoms with Crippen LogP contribution in [0.5, 0.6) is 0 Å². The minimum atomic E-state index is -4.33. The smallest absolute Gasteiger partial charge is 0.294 e. The van der Waals surface area contributed by atoms with E-state index in [0.717, 1.165) is 49.3 Å². The molecule has 0 saturated heterocycles. The molecule has 46 heavy (non-hydrogen) atoms. The van der Waals surface area contributed by atoms with E-state index in [0.29, 0.717) is 18.9 Å². The van der Waals surface area contributed by atoms with E-state index in [9.17, 15) is 17.8 Å². The molecule has 8 heteroatoms. The van der Waals surface area contributed by atoms with Gasteiger partial charge in [-0.3, -0.25) is 9.35 Å². The lowest BCUT2D eigenvalue weighted by Crippen LogP contribution is -2.28. The number of amides is 1. The largest absolute Gasteiger partial charge is 0.356 e. The van der Waals surface area contributed by atoms with E-state index in [1.54, 1.807) is 12.1 Å². The molecule has 0 radical (unpaired) electrons. The van der Waals surface area contributed by atoms with Crippen molar-refractivity contribution in [3.05, 3.63) is 89.2 Å². The first kappa shape index (κ1) is 35.4. The van der Waals surface area contributed by atoms with Crippen molar-refractivity contribution in [1.29, 1.82) is 0 Å². The van der Waals surface area contributed by atoms with Crippen molar-refractivity contribution >= 4 is 33.1 Å². The van der Waals surface area contributed by atoms with Gasteiger partial charge in [0.15, 0.2) is 5.71 Å². The van der Waals surface area contributed by atoms with Crippen LogP contribution in [0.25, 0.3) is 0 Å². The van der Waals surface area contributed by atoms with Crippen LogP contribution in [0.2, 0.25) is 0 Å². The third kappa shape index (κ3) is 7.55. The van der Waals surface area contributed by atoms with Gasteiger partial charge in [0.25, 0.3) is 10.1 Å². The fourth-order valence-electron chi connectivity index (χ4n) is 6.68. The zero-order chi connectivity index (χ0) is 33.9. The summed E-state index contributed by atoms with van der Waals surface area (Å²) in [6, 6.07) is 11.5. The summed E-state index contributed by atoms with van der Waals surface area (Å²) >= 11 is 0. The predicted octanol–water partition coefficient (Wildman–Crippen LogP) is 7.76. The Hall–Kier alpha value is -3.49.